The maximum Gasteiger partial charge on any atom is 0.138 e. The van der Waals surface area contributed by atoms with Crippen molar-refractivity contribution in [3.63, 3.8) is 0 Å². The molecule has 1 aliphatic rings. The van der Waals surface area contributed by atoms with Gasteiger partial charge >= 0.3 is 0 Å². The van der Waals surface area contributed by atoms with E-state index in [2.05, 4.69) is 0 Å². The number of ether oxygens (including phenoxy) is 1. The van der Waals surface area contributed by atoms with E-state index >= 15 is 0 Å². The summed E-state index contributed by atoms with van der Waals surface area (Å²) in [6.07, 6.45) is 5.53. The molecule has 0 aliphatic heterocycles. The topological polar surface area (TPSA) is 26.3 Å². The SMILES string of the molecule is CC(C)OCC1CCCCCC1=O. The average molecular weight is 184 g/mol. The van der Waals surface area contributed by atoms with Crippen molar-refractivity contribution in [1.82, 2.24) is 0 Å². The molecule has 2 heteroatoms. The predicted octanol–water partition coefficient (Wildman–Crippen LogP) is 2.56. The van der Waals surface area contributed by atoms with E-state index in [4.69, 9.17) is 4.74 Å². The molecule has 1 atom stereocenters. The van der Waals surface area contributed by atoms with E-state index in [1.165, 1.54) is 12.8 Å². The zero-order valence-electron chi connectivity index (χ0n) is 8.71. The van der Waals surface area contributed by atoms with E-state index in [9.17, 15) is 4.79 Å². The molecular formula is C11H20O2. The van der Waals surface area contributed by atoms with Gasteiger partial charge in [-0.3, -0.25) is 4.79 Å². The van der Waals surface area contributed by atoms with Crippen molar-refractivity contribution in [3.8, 4) is 0 Å². The average Bonchev–Trinajstić information content (AvgIpc) is 2.27. The summed E-state index contributed by atoms with van der Waals surface area (Å²) in [5.41, 5.74) is 0. The molecule has 1 saturated carbocycles. The Bertz CT molecular complexity index is 163. The monoisotopic (exact) mass is 184 g/mol. The van der Waals surface area contributed by atoms with Crippen molar-refractivity contribution in [2.45, 2.75) is 52.1 Å². The van der Waals surface area contributed by atoms with Crippen LogP contribution in [0.5, 0.6) is 0 Å². The van der Waals surface area contributed by atoms with Gasteiger partial charge in [-0.15, -0.1) is 0 Å². The predicted molar refractivity (Wildman–Crippen MR) is 52.7 cm³/mol. The third-order valence-electron chi connectivity index (χ3n) is 2.56. The smallest absolute Gasteiger partial charge is 0.138 e. The Hall–Kier alpha value is -0.370. The third kappa shape index (κ3) is 3.90. The first-order valence-corrected chi connectivity index (χ1v) is 5.34. The van der Waals surface area contributed by atoms with Crippen LogP contribution in [0.15, 0.2) is 0 Å². The zero-order valence-corrected chi connectivity index (χ0v) is 8.71. The summed E-state index contributed by atoms with van der Waals surface area (Å²) in [4.78, 5) is 11.5. The van der Waals surface area contributed by atoms with Gasteiger partial charge in [0.05, 0.1) is 12.7 Å². The van der Waals surface area contributed by atoms with Gasteiger partial charge in [0.1, 0.15) is 5.78 Å². The van der Waals surface area contributed by atoms with Crippen molar-refractivity contribution in [3.05, 3.63) is 0 Å². The third-order valence-corrected chi connectivity index (χ3v) is 2.56. The highest BCUT2D eigenvalue weighted by atomic mass is 16.5. The Kier molecular flexibility index (Phi) is 4.43. The molecule has 0 spiro atoms. The highest BCUT2D eigenvalue weighted by molar-refractivity contribution is 5.81. The second kappa shape index (κ2) is 5.38. The molecule has 2 nitrogen and oxygen atoms in total. The highest BCUT2D eigenvalue weighted by Gasteiger charge is 2.20. The lowest BCUT2D eigenvalue weighted by molar-refractivity contribution is -0.125. The largest absolute Gasteiger partial charge is 0.378 e. The Balaban J connectivity index is 2.32. The number of carbonyl (C=O) groups is 1. The van der Waals surface area contributed by atoms with Gasteiger partial charge in [0.25, 0.3) is 0 Å². The van der Waals surface area contributed by atoms with Crippen LogP contribution in [0.1, 0.15) is 46.0 Å². The molecule has 1 unspecified atom stereocenters. The Morgan fingerprint density at radius 2 is 2.15 bits per heavy atom. The maximum atomic E-state index is 11.5. The van der Waals surface area contributed by atoms with E-state index in [1.807, 2.05) is 13.8 Å². The van der Waals surface area contributed by atoms with Gasteiger partial charge in [-0.2, -0.15) is 0 Å². The van der Waals surface area contributed by atoms with Gasteiger partial charge in [-0.1, -0.05) is 12.8 Å². The molecule has 13 heavy (non-hydrogen) atoms. The fourth-order valence-electron chi connectivity index (χ4n) is 1.72. The molecule has 0 amide bonds. The summed E-state index contributed by atoms with van der Waals surface area (Å²) < 4.78 is 5.49. The second-order valence-electron chi connectivity index (χ2n) is 4.14. The molecule has 1 rings (SSSR count). The molecule has 0 bridgehead atoms. The fourth-order valence-corrected chi connectivity index (χ4v) is 1.72. The van der Waals surface area contributed by atoms with E-state index in [-0.39, 0.29) is 12.0 Å². The van der Waals surface area contributed by atoms with Crippen molar-refractivity contribution in [2.24, 2.45) is 5.92 Å². The fraction of sp³-hybridized carbons (Fsp3) is 0.909. The quantitative estimate of drug-likeness (QED) is 0.630. The molecule has 0 heterocycles. The van der Waals surface area contributed by atoms with E-state index in [1.54, 1.807) is 0 Å². The van der Waals surface area contributed by atoms with Gasteiger partial charge in [0, 0.05) is 12.3 Å². The molecule has 0 aromatic heterocycles. The van der Waals surface area contributed by atoms with Crippen LogP contribution in [-0.4, -0.2) is 18.5 Å². The van der Waals surface area contributed by atoms with Gasteiger partial charge < -0.3 is 4.74 Å². The molecule has 1 aliphatic carbocycles. The summed E-state index contributed by atoms with van der Waals surface area (Å²) in [5, 5.41) is 0. The summed E-state index contributed by atoms with van der Waals surface area (Å²) >= 11 is 0. The van der Waals surface area contributed by atoms with Crippen LogP contribution in [0.4, 0.5) is 0 Å². The van der Waals surface area contributed by atoms with Crippen molar-refractivity contribution < 1.29 is 9.53 Å². The minimum atomic E-state index is 0.185. The summed E-state index contributed by atoms with van der Waals surface area (Å²) in [6.45, 7) is 4.67. The van der Waals surface area contributed by atoms with Crippen LogP contribution in [0.2, 0.25) is 0 Å². The number of carbonyl (C=O) groups excluding carboxylic acids is 1. The van der Waals surface area contributed by atoms with Gasteiger partial charge in [-0.05, 0) is 26.7 Å². The first-order valence-electron chi connectivity index (χ1n) is 5.34. The van der Waals surface area contributed by atoms with Crippen LogP contribution in [0, 0.1) is 5.92 Å². The van der Waals surface area contributed by atoms with E-state index in [0.717, 1.165) is 19.3 Å². The normalized spacial score (nSPS) is 24.8. The van der Waals surface area contributed by atoms with Crippen LogP contribution < -0.4 is 0 Å². The molecule has 0 aromatic rings. The van der Waals surface area contributed by atoms with Crippen molar-refractivity contribution in [2.75, 3.05) is 6.61 Å². The van der Waals surface area contributed by atoms with Crippen LogP contribution in [-0.2, 0) is 9.53 Å². The number of hydrogen-bond acceptors (Lipinski definition) is 2. The van der Waals surface area contributed by atoms with Crippen LogP contribution >= 0.6 is 0 Å². The molecule has 0 N–H and O–H groups in total. The van der Waals surface area contributed by atoms with E-state index < -0.39 is 0 Å². The Labute approximate surface area is 80.7 Å². The van der Waals surface area contributed by atoms with Crippen molar-refractivity contribution in [1.29, 1.82) is 0 Å². The van der Waals surface area contributed by atoms with E-state index in [0.29, 0.717) is 12.4 Å². The molecular weight excluding hydrogens is 164 g/mol. The zero-order chi connectivity index (χ0) is 9.68. The minimum Gasteiger partial charge on any atom is -0.378 e. The molecule has 0 radical (unpaired) electrons. The second-order valence-corrected chi connectivity index (χ2v) is 4.14. The first-order chi connectivity index (χ1) is 6.20. The summed E-state index contributed by atoms with van der Waals surface area (Å²) in [7, 11) is 0. The first kappa shape index (κ1) is 10.7. The standard InChI is InChI=1S/C11H20O2/c1-9(2)13-8-10-6-4-3-5-7-11(10)12/h9-10H,3-8H2,1-2H3. The number of Topliss-reactive ketones (excluding diaryl/α,β-unsaturated/α-hetero) is 1. The Morgan fingerprint density at radius 3 is 2.85 bits per heavy atom. The Morgan fingerprint density at radius 1 is 1.38 bits per heavy atom. The lowest BCUT2D eigenvalue weighted by atomic mass is 10.0. The lowest BCUT2D eigenvalue weighted by Gasteiger charge is -2.14. The van der Waals surface area contributed by atoms with Crippen LogP contribution in [0.25, 0.3) is 0 Å². The van der Waals surface area contributed by atoms with Crippen molar-refractivity contribution >= 4 is 5.78 Å². The van der Waals surface area contributed by atoms with Gasteiger partial charge in [0.2, 0.25) is 0 Å². The lowest BCUT2D eigenvalue weighted by Crippen LogP contribution is -2.20. The summed E-state index contributed by atoms with van der Waals surface area (Å²) in [6, 6.07) is 0. The van der Waals surface area contributed by atoms with Crippen LogP contribution in [0.3, 0.4) is 0 Å². The number of ketones is 1. The molecule has 0 saturated heterocycles. The molecule has 76 valence electrons. The number of rotatable bonds is 3. The van der Waals surface area contributed by atoms with Gasteiger partial charge in [0.15, 0.2) is 0 Å². The highest BCUT2D eigenvalue weighted by Crippen LogP contribution is 2.20. The summed E-state index contributed by atoms with van der Waals surface area (Å²) in [5.74, 6) is 0.600. The molecule has 0 aromatic carbocycles. The van der Waals surface area contributed by atoms with Gasteiger partial charge in [-0.25, -0.2) is 0 Å². The maximum absolute atomic E-state index is 11.5. The molecule has 1 fully saturated rings. The number of hydrogen-bond donors (Lipinski definition) is 0. The minimum absolute atomic E-state index is 0.185.